The Morgan fingerprint density at radius 3 is 2.41 bits per heavy atom. The van der Waals surface area contributed by atoms with Crippen LogP contribution in [0.25, 0.3) is 0 Å². The van der Waals surface area contributed by atoms with Crippen molar-refractivity contribution >= 4 is 0 Å². The van der Waals surface area contributed by atoms with E-state index in [-0.39, 0.29) is 0 Å². The van der Waals surface area contributed by atoms with E-state index < -0.39 is 0 Å². The molecule has 1 heterocycles. The highest BCUT2D eigenvalue weighted by Crippen LogP contribution is 2.13. The summed E-state index contributed by atoms with van der Waals surface area (Å²) in [6.07, 6.45) is 4.68. The van der Waals surface area contributed by atoms with Gasteiger partial charge >= 0.3 is 0 Å². The number of rotatable bonds is 5. The number of aromatic nitrogens is 1. The van der Waals surface area contributed by atoms with Gasteiger partial charge in [0.15, 0.2) is 0 Å². The van der Waals surface area contributed by atoms with E-state index in [1.165, 1.54) is 16.7 Å². The van der Waals surface area contributed by atoms with Crippen molar-refractivity contribution in [3.05, 3.63) is 65.5 Å². The Hall–Kier alpha value is -1.67. The Morgan fingerprint density at radius 2 is 1.71 bits per heavy atom. The van der Waals surface area contributed by atoms with Gasteiger partial charge in [0.2, 0.25) is 0 Å². The molecule has 0 aliphatic rings. The second-order valence-corrected chi connectivity index (χ2v) is 4.08. The highest BCUT2D eigenvalue weighted by atomic mass is 14.8. The minimum atomic E-state index is 0.942. The van der Waals surface area contributed by atoms with Crippen LogP contribution in [0.4, 0.5) is 0 Å². The molecule has 17 heavy (non-hydrogen) atoms. The summed E-state index contributed by atoms with van der Waals surface area (Å²) in [7, 11) is 0. The SMILES string of the molecule is CCNCc1ccccc1Cc1ccncc1. The first-order valence-corrected chi connectivity index (χ1v) is 6.06. The average Bonchev–Trinajstić information content (AvgIpc) is 2.39. The van der Waals surface area contributed by atoms with Crippen LogP contribution in [0.3, 0.4) is 0 Å². The van der Waals surface area contributed by atoms with Crippen LogP contribution in [0, 0.1) is 0 Å². The lowest BCUT2D eigenvalue weighted by Gasteiger charge is -2.09. The monoisotopic (exact) mass is 226 g/mol. The molecule has 0 fully saturated rings. The zero-order valence-corrected chi connectivity index (χ0v) is 10.2. The van der Waals surface area contributed by atoms with Gasteiger partial charge in [-0.15, -0.1) is 0 Å². The van der Waals surface area contributed by atoms with Crippen molar-refractivity contribution < 1.29 is 0 Å². The van der Waals surface area contributed by atoms with E-state index in [4.69, 9.17) is 0 Å². The van der Waals surface area contributed by atoms with E-state index in [0.29, 0.717) is 0 Å². The summed E-state index contributed by atoms with van der Waals surface area (Å²) >= 11 is 0. The van der Waals surface area contributed by atoms with Gasteiger partial charge in [-0.2, -0.15) is 0 Å². The molecule has 0 radical (unpaired) electrons. The number of hydrogen-bond acceptors (Lipinski definition) is 2. The first-order valence-electron chi connectivity index (χ1n) is 6.06. The van der Waals surface area contributed by atoms with Crippen molar-refractivity contribution in [1.82, 2.24) is 10.3 Å². The zero-order chi connectivity index (χ0) is 11.9. The molecule has 2 aromatic rings. The van der Waals surface area contributed by atoms with Crippen LogP contribution in [0.2, 0.25) is 0 Å². The molecule has 2 heteroatoms. The minimum absolute atomic E-state index is 0.942. The molecule has 0 atom stereocenters. The van der Waals surface area contributed by atoms with Crippen LogP contribution in [-0.2, 0) is 13.0 Å². The van der Waals surface area contributed by atoms with Gasteiger partial charge in [0.1, 0.15) is 0 Å². The summed E-state index contributed by atoms with van der Waals surface area (Å²) in [5.41, 5.74) is 4.08. The predicted octanol–water partition coefficient (Wildman–Crippen LogP) is 2.78. The summed E-state index contributed by atoms with van der Waals surface area (Å²) in [5, 5.41) is 3.38. The number of hydrogen-bond donors (Lipinski definition) is 1. The van der Waals surface area contributed by atoms with Crippen molar-refractivity contribution in [3.8, 4) is 0 Å². The Morgan fingerprint density at radius 1 is 1.00 bits per heavy atom. The van der Waals surface area contributed by atoms with Crippen molar-refractivity contribution in [2.45, 2.75) is 19.9 Å². The van der Waals surface area contributed by atoms with Gasteiger partial charge in [0.25, 0.3) is 0 Å². The zero-order valence-electron chi connectivity index (χ0n) is 10.2. The molecule has 1 aromatic heterocycles. The van der Waals surface area contributed by atoms with Gasteiger partial charge in [0, 0.05) is 18.9 Å². The van der Waals surface area contributed by atoms with E-state index >= 15 is 0 Å². The van der Waals surface area contributed by atoms with Crippen LogP contribution in [0.1, 0.15) is 23.6 Å². The van der Waals surface area contributed by atoms with Crippen LogP contribution >= 0.6 is 0 Å². The average molecular weight is 226 g/mol. The van der Waals surface area contributed by atoms with Gasteiger partial charge in [-0.1, -0.05) is 31.2 Å². The molecule has 0 unspecified atom stereocenters. The normalized spacial score (nSPS) is 10.4. The lowest BCUT2D eigenvalue weighted by Crippen LogP contribution is -2.13. The second kappa shape index (κ2) is 6.16. The van der Waals surface area contributed by atoms with E-state index in [1.54, 1.807) is 0 Å². The molecular weight excluding hydrogens is 208 g/mol. The second-order valence-electron chi connectivity index (χ2n) is 4.08. The molecule has 1 N–H and O–H groups in total. The van der Waals surface area contributed by atoms with Gasteiger partial charge in [0.05, 0.1) is 0 Å². The van der Waals surface area contributed by atoms with E-state index in [1.807, 2.05) is 12.4 Å². The van der Waals surface area contributed by atoms with Crippen LogP contribution in [0.5, 0.6) is 0 Å². The third-order valence-electron chi connectivity index (χ3n) is 2.83. The fourth-order valence-corrected chi connectivity index (χ4v) is 1.88. The summed E-state index contributed by atoms with van der Waals surface area (Å²) in [4.78, 5) is 4.05. The smallest absolute Gasteiger partial charge is 0.0270 e. The first-order chi connectivity index (χ1) is 8.40. The Bertz CT molecular complexity index is 451. The summed E-state index contributed by atoms with van der Waals surface area (Å²) < 4.78 is 0. The first kappa shape index (κ1) is 11.8. The molecule has 0 spiro atoms. The van der Waals surface area contributed by atoms with Crippen molar-refractivity contribution in [3.63, 3.8) is 0 Å². The molecule has 1 aromatic carbocycles. The van der Waals surface area contributed by atoms with Crippen LogP contribution in [-0.4, -0.2) is 11.5 Å². The van der Waals surface area contributed by atoms with Crippen molar-refractivity contribution in [2.24, 2.45) is 0 Å². The Labute approximate surface area is 103 Å². The Kier molecular flexibility index (Phi) is 4.28. The van der Waals surface area contributed by atoms with Gasteiger partial charge < -0.3 is 5.32 Å². The maximum atomic E-state index is 4.05. The molecule has 2 rings (SSSR count). The number of benzene rings is 1. The van der Waals surface area contributed by atoms with Gasteiger partial charge in [-0.3, -0.25) is 4.98 Å². The third kappa shape index (κ3) is 3.40. The molecule has 0 amide bonds. The molecular formula is C15H18N2. The van der Waals surface area contributed by atoms with Crippen molar-refractivity contribution in [2.75, 3.05) is 6.54 Å². The van der Waals surface area contributed by atoms with Gasteiger partial charge in [-0.25, -0.2) is 0 Å². The highest BCUT2D eigenvalue weighted by molar-refractivity contribution is 5.32. The van der Waals surface area contributed by atoms with Gasteiger partial charge in [-0.05, 0) is 41.8 Å². The highest BCUT2D eigenvalue weighted by Gasteiger charge is 2.02. The molecule has 0 saturated carbocycles. The van der Waals surface area contributed by atoms with Crippen molar-refractivity contribution in [1.29, 1.82) is 0 Å². The minimum Gasteiger partial charge on any atom is -0.313 e. The van der Waals surface area contributed by atoms with Crippen LogP contribution in [0.15, 0.2) is 48.8 Å². The fraction of sp³-hybridized carbons (Fsp3) is 0.267. The summed E-state index contributed by atoms with van der Waals surface area (Å²) in [6.45, 7) is 4.08. The third-order valence-corrected chi connectivity index (χ3v) is 2.83. The van der Waals surface area contributed by atoms with E-state index in [9.17, 15) is 0 Å². The van der Waals surface area contributed by atoms with E-state index in [0.717, 1.165) is 19.5 Å². The quantitative estimate of drug-likeness (QED) is 0.848. The molecule has 0 saturated heterocycles. The van der Waals surface area contributed by atoms with E-state index in [2.05, 4.69) is 53.6 Å². The lowest BCUT2D eigenvalue weighted by molar-refractivity contribution is 0.721. The largest absolute Gasteiger partial charge is 0.313 e. The van der Waals surface area contributed by atoms with Crippen LogP contribution < -0.4 is 5.32 Å². The lowest BCUT2D eigenvalue weighted by atomic mass is 10.0. The summed E-state index contributed by atoms with van der Waals surface area (Å²) in [5.74, 6) is 0. The number of pyridine rings is 1. The topological polar surface area (TPSA) is 24.9 Å². The maximum absolute atomic E-state index is 4.05. The molecule has 0 aliphatic heterocycles. The standard InChI is InChI=1S/C15H18N2/c1-2-16-12-15-6-4-3-5-14(15)11-13-7-9-17-10-8-13/h3-10,16H,2,11-12H2,1H3. The number of nitrogens with zero attached hydrogens (tertiary/aromatic N) is 1. The number of nitrogens with one attached hydrogen (secondary N) is 1. The molecule has 0 bridgehead atoms. The predicted molar refractivity (Wildman–Crippen MR) is 70.9 cm³/mol. The molecule has 0 aliphatic carbocycles. The Balaban J connectivity index is 2.15. The fourth-order valence-electron chi connectivity index (χ4n) is 1.88. The molecule has 88 valence electrons. The summed E-state index contributed by atoms with van der Waals surface area (Å²) in [6, 6.07) is 12.7. The molecule has 2 nitrogen and oxygen atoms in total. The maximum Gasteiger partial charge on any atom is 0.0270 e.